The van der Waals surface area contributed by atoms with Crippen LogP contribution in [0.1, 0.15) is 21.5 Å². The molecule has 1 aliphatic rings. The van der Waals surface area contributed by atoms with E-state index in [2.05, 4.69) is 4.74 Å². The quantitative estimate of drug-likeness (QED) is 0.106. The lowest BCUT2D eigenvalue weighted by atomic mass is 10.1. The highest BCUT2D eigenvalue weighted by Crippen LogP contribution is 2.39. The molecule has 0 N–H and O–H groups in total. The van der Waals surface area contributed by atoms with Crippen LogP contribution in [0.4, 0.5) is 22.0 Å². The van der Waals surface area contributed by atoms with Crippen molar-refractivity contribution in [2.45, 2.75) is 6.92 Å². The molecule has 5 nitrogen and oxygen atoms in total. The molecule has 0 spiro atoms. The van der Waals surface area contributed by atoms with E-state index in [4.69, 9.17) is 21.1 Å². The van der Waals surface area contributed by atoms with Crippen LogP contribution >= 0.6 is 11.6 Å². The van der Waals surface area contributed by atoms with Gasteiger partial charge in [0.25, 0.3) is 0 Å². The van der Waals surface area contributed by atoms with Crippen molar-refractivity contribution >= 4 is 29.4 Å². The summed E-state index contributed by atoms with van der Waals surface area (Å²) in [6, 6.07) is 9.38. The number of Topliss-reactive ketones (excluding diaryl/α,β-unsaturated/α-hetero) is 1. The van der Waals surface area contributed by atoms with Gasteiger partial charge in [0.05, 0.1) is 5.56 Å². The summed E-state index contributed by atoms with van der Waals surface area (Å²) in [5, 5.41) is 0.396. The van der Waals surface area contributed by atoms with Crippen LogP contribution in [0.3, 0.4) is 0 Å². The highest BCUT2D eigenvalue weighted by atomic mass is 35.5. The zero-order chi connectivity index (χ0) is 25.4. The van der Waals surface area contributed by atoms with Gasteiger partial charge in [0, 0.05) is 10.6 Å². The van der Waals surface area contributed by atoms with E-state index in [9.17, 15) is 31.5 Å². The molecule has 0 amide bonds. The van der Waals surface area contributed by atoms with Crippen molar-refractivity contribution in [1.82, 2.24) is 0 Å². The number of esters is 1. The van der Waals surface area contributed by atoms with Gasteiger partial charge in [-0.1, -0.05) is 29.8 Å². The van der Waals surface area contributed by atoms with Crippen molar-refractivity contribution in [3.8, 4) is 17.2 Å². The molecule has 0 saturated heterocycles. The minimum Gasteiger partial charge on any atom is -0.476 e. The van der Waals surface area contributed by atoms with Crippen LogP contribution in [0.15, 0.2) is 42.2 Å². The topological polar surface area (TPSA) is 61.8 Å². The van der Waals surface area contributed by atoms with E-state index >= 15 is 0 Å². The molecule has 0 radical (unpaired) electrons. The van der Waals surface area contributed by atoms with Crippen LogP contribution in [0.5, 0.6) is 17.2 Å². The number of hydrogen-bond donors (Lipinski definition) is 0. The fourth-order valence-corrected chi connectivity index (χ4v) is 3.40. The number of fused-ring (bicyclic) bond motifs is 1. The lowest BCUT2D eigenvalue weighted by Gasteiger charge is -2.12. The van der Waals surface area contributed by atoms with Crippen LogP contribution in [0.2, 0.25) is 5.02 Å². The Labute approximate surface area is 199 Å². The van der Waals surface area contributed by atoms with Crippen molar-refractivity contribution in [2.75, 3.05) is 6.61 Å². The molecule has 1 aliphatic heterocycles. The lowest BCUT2D eigenvalue weighted by molar-refractivity contribution is -0.136. The molecule has 0 atom stereocenters. The summed E-state index contributed by atoms with van der Waals surface area (Å²) in [4.78, 5) is 24.8. The number of halogens is 6. The van der Waals surface area contributed by atoms with Gasteiger partial charge in [-0.25, -0.2) is 18.0 Å². The maximum absolute atomic E-state index is 13.7. The number of benzene rings is 3. The molecular weight excluding hydrogens is 499 g/mol. The summed E-state index contributed by atoms with van der Waals surface area (Å²) in [5.41, 5.74) is 0.973. The van der Waals surface area contributed by atoms with Gasteiger partial charge in [0.15, 0.2) is 18.1 Å². The third-order valence-electron chi connectivity index (χ3n) is 4.96. The summed E-state index contributed by atoms with van der Waals surface area (Å²) >= 11 is 6.11. The maximum atomic E-state index is 13.7. The van der Waals surface area contributed by atoms with E-state index in [-0.39, 0.29) is 28.4 Å². The second-order valence-electron chi connectivity index (χ2n) is 7.19. The predicted octanol–water partition coefficient (Wildman–Crippen LogP) is 5.94. The number of ether oxygens (including phenoxy) is 3. The lowest BCUT2D eigenvalue weighted by Crippen LogP contribution is -2.20. The van der Waals surface area contributed by atoms with Crippen molar-refractivity contribution < 1.29 is 45.8 Å². The van der Waals surface area contributed by atoms with Crippen LogP contribution in [-0.4, -0.2) is 18.4 Å². The van der Waals surface area contributed by atoms with Gasteiger partial charge in [-0.3, -0.25) is 4.79 Å². The van der Waals surface area contributed by atoms with Gasteiger partial charge in [0.1, 0.15) is 11.5 Å². The van der Waals surface area contributed by atoms with Gasteiger partial charge >= 0.3 is 5.97 Å². The largest absolute Gasteiger partial charge is 0.476 e. The first kappa shape index (κ1) is 24.2. The van der Waals surface area contributed by atoms with Crippen molar-refractivity contribution in [3.63, 3.8) is 0 Å². The van der Waals surface area contributed by atoms with E-state index in [0.717, 1.165) is 0 Å². The van der Waals surface area contributed by atoms with Gasteiger partial charge in [-0.2, -0.15) is 8.78 Å². The first-order valence-electron chi connectivity index (χ1n) is 9.77. The first-order chi connectivity index (χ1) is 16.6. The Balaban J connectivity index is 1.51. The summed E-state index contributed by atoms with van der Waals surface area (Å²) in [6.07, 6.45) is 1.45. The zero-order valence-electron chi connectivity index (χ0n) is 17.6. The molecule has 180 valence electrons. The van der Waals surface area contributed by atoms with Gasteiger partial charge in [0.2, 0.25) is 34.9 Å². The van der Waals surface area contributed by atoms with Crippen molar-refractivity contribution in [2.24, 2.45) is 0 Å². The molecule has 3 aromatic carbocycles. The van der Waals surface area contributed by atoms with E-state index < -0.39 is 53.2 Å². The molecule has 0 fully saturated rings. The second-order valence-corrected chi connectivity index (χ2v) is 7.60. The highest BCUT2D eigenvalue weighted by molar-refractivity contribution is 6.32. The number of carbonyl (C=O) groups excluding carboxylic acids is 2. The van der Waals surface area contributed by atoms with Crippen LogP contribution < -0.4 is 14.2 Å². The summed E-state index contributed by atoms with van der Waals surface area (Å²) in [6.45, 7) is 0.310. The number of ketones is 1. The molecule has 0 bridgehead atoms. The summed E-state index contributed by atoms with van der Waals surface area (Å²) in [7, 11) is 0. The van der Waals surface area contributed by atoms with Crippen molar-refractivity contribution in [3.05, 3.63) is 93.0 Å². The predicted molar refractivity (Wildman–Crippen MR) is 113 cm³/mol. The normalized spacial score (nSPS) is 13.6. The third kappa shape index (κ3) is 4.44. The van der Waals surface area contributed by atoms with E-state index in [1.165, 1.54) is 25.1 Å². The molecule has 4 rings (SSSR count). The fraction of sp³-hybridized carbons (Fsp3) is 0.0833. The Kier molecular flexibility index (Phi) is 6.49. The van der Waals surface area contributed by atoms with Crippen LogP contribution in [-0.2, 0) is 4.79 Å². The molecule has 0 unspecified atom stereocenters. The molecule has 0 aliphatic carbocycles. The average Bonchev–Trinajstić information content (AvgIpc) is 3.15. The van der Waals surface area contributed by atoms with Gasteiger partial charge < -0.3 is 14.2 Å². The molecular formula is C24H12ClF5O5. The van der Waals surface area contributed by atoms with Crippen LogP contribution in [0, 0.1) is 36.0 Å². The second kappa shape index (κ2) is 9.38. The first-order valence-corrected chi connectivity index (χ1v) is 10.1. The molecule has 35 heavy (non-hydrogen) atoms. The summed E-state index contributed by atoms with van der Waals surface area (Å²) < 4.78 is 82.2. The monoisotopic (exact) mass is 510 g/mol. The minimum absolute atomic E-state index is 0.0191. The van der Waals surface area contributed by atoms with E-state index in [1.807, 2.05) is 0 Å². The summed E-state index contributed by atoms with van der Waals surface area (Å²) in [5.74, 6) is -14.5. The average molecular weight is 511 g/mol. The smallest absolute Gasteiger partial charge is 0.349 e. The third-order valence-corrected chi connectivity index (χ3v) is 5.30. The number of allylic oxidation sites excluding steroid dienone is 1. The molecule has 0 saturated carbocycles. The fourth-order valence-electron chi connectivity index (χ4n) is 3.21. The number of carbonyl (C=O) groups is 2. The SMILES string of the molecule is Cc1c(OC(=O)COc2c(F)c(F)c(F)c(F)c2F)ccc2c1O/C(=C\c1ccccc1Cl)C2=O. The Hall–Kier alpha value is -3.92. The standard InChI is InChI=1S/C24H12ClF5O5/c1-10-14(34-16(31)9-33-24-20(29)18(27)17(26)19(28)21(24)30)7-6-12-22(32)15(35-23(10)12)8-11-4-2-3-5-13(11)25/h2-8H,9H2,1H3/b15-8-. The molecule has 1 heterocycles. The van der Waals surface area contributed by atoms with Gasteiger partial charge in [-0.05, 0) is 36.8 Å². The van der Waals surface area contributed by atoms with Crippen LogP contribution in [0.25, 0.3) is 6.08 Å². The van der Waals surface area contributed by atoms with E-state index in [1.54, 1.807) is 24.3 Å². The molecule has 3 aromatic rings. The zero-order valence-corrected chi connectivity index (χ0v) is 18.3. The maximum Gasteiger partial charge on any atom is 0.349 e. The van der Waals surface area contributed by atoms with E-state index in [0.29, 0.717) is 10.6 Å². The number of rotatable bonds is 5. The Morgan fingerprint density at radius 1 is 0.971 bits per heavy atom. The molecule has 0 aromatic heterocycles. The van der Waals surface area contributed by atoms with Crippen molar-refractivity contribution in [1.29, 1.82) is 0 Å². The highest BCUT2D eigenvalue weighted by Gasteiger charge is 2.31. The Bertz CT molecular complexity index is 1390. The Morgan fingerprint density at radius 3 is 2.26 bits per heavy atom. The molecule has 11 heteroatoms. The minimum atomic E-state index is -2.36. The number of hydrogen-bond acceptors (Lipinski definition) is 5. The Morgan fingerprint density at radius 2 is 1.60 bits per heavy atom. The van der Waals surface area contributed by atoms with Gasteiger partial charge in [-0.15, -0.1) is 0 Å².